The Balaban J connectivity index is 2.02. The van der Waals surface area contributed by atoms with Gasteiger partial charge in [0.25, 0.3) is 0 Å². The lowest BCUT2D eigenvalue weighted by Crippen LogP contribution is -2.14. The van der Waals surface area contributed by atoms with Gasteiger partial charge in [-0.2, -0.15) is 0 Å². The van der Waals surface area contributed by atoms with Gasteiger partial charge < -0.3 is 5.32 Å². The van der Waals surface area contributed by atoms with Gasteiger partial charge in [-0.3, -0.25) is 4.79 Å². The molecular formula is C20H23ClN2OS. The normalized spacial score (nSPS) is 13.2. The minimum absolute atomic E-state index is 0.119. The predicted molar refractivity (Wildman–Crippen MR) is 108 cm³/mol. The van der Waals surface area contributed by atoms with E-state index in [1.54, 1.807) is 6.07 Å². The zero-order valence-corrected chi connectivity index (χ0v) is 16.3. The van der Waals surface area contributed by atoms with Gasteiger partial charge >= 0.3 is 0 Å². The Kier molecular flexibility index (Phi) is 7.41. The fourth-order valence-electron chi connectivity index (χ4n) is 2.18. The SMILES string of the molecule is C/C=C(\C=C/C(C)CC)c1csc(NC(=O)Cc2ccccc2Cl)n1. The fourth-order valence-corrected chi connectivity index (χ4v) is 3.11. The second kappa shape index (κ2) is 9.54. The van der Waals surface area contributed by atoms with Crippen molar-refractivity contribution in [2.45, 2.75) is 33.6 Å². The van der Waals surface area contributed by atoms with Crippen LogP contribution in [0, 0.1) is 5.92 Å². The third-order valence-electron chi connectivity index (χ3n) is 3.91. The Morgan fingerprint density at radius 2 is 2.16 bits per heavy atom. The molecule has 0 aliphatic carbocycles. The van der Waals surface area contributed by atoms with Crippen LogP contribution in [0.25, 0.3) is 5.57 Å². The lowest BCUT2D eigenvalue weighted by atomic mass is 10.1. The number of benzene rings is 1. The number of amides is 1. The molecule has 1 unspecified atom stereocenters. The highest BCUT2D eigenvalue weighted by atomic mass is 35.5. The molecule has 1 aromatic heterocycles. The van der Waals surface area contributed by atoms with E-state index in [1.807, 2.05) is 36.6 Å². The number of aromatic nitrogens is 1. The zero-order valence-electron chi connectivity index (χ0n) is 14.8. The molecule has 1 aromatic carbocycles. The molecule has 132 valence electrons. The van der Waals surface area contributed by atoms with Crippen molar-refractivity contribution in [3.63, 3.8) is 0 Å². The molecule has 1 N–H and O–H groups in total. The molecule has 0 radical (unpaired) electrons. The van der Waals surface area contributed by atoms with E-state index in [2.05, 4.69) is 36.3 Å². The highest BCUT2D eigenvalue weighted by molar-refractivity contribution is 7.14. The molecule has 0 saturated heterocycles. The minimum atomic E-state index is -0.119. The Labute approximate surface area is 158 Å². The summed E-state index contributed by atoms with van der Waals surface area (Å²) in [7, 11) is 0. The first-order valence-corrected chi connectivity index (χ1v) is 9.62. The van der Waals surface area contributed by atoms with Gasteiger partial charge in [0.05, 0.1) is 12.1 Å². The first-order valence-electron chi connectivity index (χ1n) is 8.37. The number of thiazole rings is 1. The van der Waals surface area contributed by atoms with E-state index in [0.717, 1.165) is 23.3 Å². The van der Waals surface area contributed by atoms with Gasteiger partial charge in [-0.15, -0.1) is 11.3 Å². The van der Waals surface area contributed by atoms with Gasteiger partial charge in [0.15, 0.2) is 5.13 Å². The van der Waals surface area contributed by atoms with Crippen molar-refractivity contribution in [2.75, 3.05) is 5.32 Å². The van der Waals surface area contributed by atoms with Crippen molar-refractivity contribution in [2.24, 2.45) is 5.92 Å². The van der Waals surface area contributed by atoms with Gasteiger partial charge in [-0.05, 0) is 30.0 Å². The second-order valence-corrected chi connectivity index (χ2v) is 7.11. The molecule has 0 aliphatic rings. The Hall–Kier alpha value is -1.91. The molecule has 0 spiro atoms. The predicted octanol–water partition coefficient (Wildman–Crippen LogP) is 5.98. The molecule has 2 aromatic rings. The van der Waals surface area contributed by atoms with E-state index in [-0.39, 0.29) is 12.3 Å². The number of nitrogens with one attached hydrogen (secondary N) is 1. The van der Waals surface area contributed by atoms with Crippen LogP contribution in [0.1, 0.15) is 38.4 Å². The van der Waals surface area contributed by atoms with Gasteiger partial charge in [0, 0.05) is 10.4 Å². The Bertz CT molecular complexity index is 780. The number of anilines is 1. The number of rotatable bonds is 7. The highest BCUT2D eigenvalue weighted by Gasteiger charge is 2.10. The maximum absolute atomic E-state index is 12.2. The average Bonchev–Trinajstić information content (AvgIpc) is 3.05. The maximum atomic E-state index is 12.2. The molecule has 0 saturated carbocycles. The molecule has 5 heteroatoms. The van der Waals surface area contributed by atoms with Crippen molar-refractivity contribution >= 4 is 39.5 Å². The van der Waals surface area contributed by atoms with Crippen LogP contribution in [0.2, 0.25) is 5.02 Å². The van der Waals surface area contributed by atoms with Gasteiger partial charge in [0.2, 0.25) is 5.91 Å². The Morgan fingerprint density at radius 1 is 1.40 bits per heavy atom. The number of hydrogen-bond donors (Lipinski definition) is 1. The van der Waals surface area contributed by atoms with E-state index in [4.69, 9.17) is 11.6 Å². The number of allylic oxidation sites excluding steroid dienone is 4. The molecule has 25 heavy (non-hydrogen) atoms. The van der Waals surface area contributed by atoms with Gasteiger partial charge in [-0.1, -0.05) is 68.3 Å². The molecule has 0 fully saturated rings. The summed E-state index contributed by atoms with van der Waals surface area (Å²) in [4.78, 5) is 16.7. The molecule has 1 heterocycles. The van der Waals surface area contributed by atoms with Crippen molar-refractivity contribution in [3.05, 3.63) is 64.2 Å². The van der Waals surface area contributed by atoms with E-state index in [1.165, 1.54) is 11.3 Å². The van der Waals surface area contributed by atoms with Gasteiger partial charge in [-0.25, -0.2) is 4.98 Å². The summed E-state index contributed by atoms with van der Waals surface area (Å²) in [6, 6.07) is 7.36. The van der Waals surface area contributed by atoms with E-state index >= 15 is 0 Å². The van der Waals surface area contributed by atoms with Crippen LogP contribution in [-0.4, -0.2) is 10.9 Å². The van der Waals surface area contributed by atoms with E-state index in [9.17, 15) is 4.79 Å². The van der Waals surface area contributed by atoms with Crippen molar-refractivity contribution in [3.8, 4) is 0 Å². The van der Waals surface area contributed by atoms with Crippen LogP contribution in [0.5, 0.6) is 0 Å². The standard InChI is InChI=1S/C20H23ClN2OS/c1-4-14(3)10-11-15(5-2)18-13-25-20(22-18)23-19(24)12-16-8-6-7-9-17(16)21/h5-11,13-14H,4,12H2,1-3H3,(H,22,23,24)/b11-10-,15-5+. The minimum Gasteiger partial charge on any atom is -0.302 e. The monoisotopic (exact) mass is 374 g/mol. The third kappa shape index (κ3) is 5.83. The quantitative estimate of drug-likeness (QED) is 0.605. The third-order valence-corrected chi connectivity index (χ3v) is 5.04. The van der Waals surface area contributed by atoms with Crippen LogP contribution in [0.3, 0.4) is 0 Å². The fraction of sp³-hybridized carbons (Fsp3) is 0.300. The molecule has 1 atom stereocenters. The van der Waals surface area contributed by atoms with Crippen LogP contribution < -0.4 is 5.32 Å². The van der Waals surface area contributed by atoms with E-state index in [0.29, 0.717) is 16.1 Å². The maximum Gasteiger partial charge on any atom is 0.230 e. The van der Waals surface area contributed by atoms with Crippen molar-refractivity contribution in [1.82, 2.24) is 4.98 Å². The molecule has 0 bridgehead atoms. The second-order valence-electron chi connectivity index (χ2n) is 5.84. The van der Waals surface area contributed by atoms with Crippen LogP contribution in [-0.2, 0) is 11.2 Å². The largest absolute Gasteiger partial charge is 0.302 e. The average molecular weight is 375 g/mol. The molecule has 1 amide bonds. The number of nitrogens with zero attached hydrogens (tertiary/aromatic N) is 1. The summed E-state index contributed by atoms with van der Waals surface area (Å²) >= 11 is 7.53. The van der Waals surface area contributed by atoms with Crippen LogP contribution >= 0.6 is 22.9 Å². The summed E-state index contributed by atoms with van der Waals surface area (Å²) < 4.78 is 0. The van der Waals surface area contributed by atoms with Crippen molar-refractivity contribution in [1.29, 1.82) is 0 Å². The molecule has 0 aliphatic heterocycles. The smallest absolute Gasteiger partial charge is 0.230 e. The first-order chi connectivity index (χ1) is 12.0. The number of hydrogen-bond acceptors (Lipinski definition) is 3. The zero-order chi connectivity index (χ0) is 18.2. The summed E-state index contributed by atoms with van der Waals surface area (Å²) in [6.45, 7) is 6.34. The number of carbonyl (C=O) groups excluding carboxylic acids is 1. The molecular weight excluding hydrogens is 352 g/mol. The highest BCUT2D eigenvalue weighted by Crippen LogP contribution is 2.24. The topological polar surface area (TPSA) is 42.0 Å². The Morgan fingerprint density at radius 3 is 2.84 bits per heavy atom. The van der Waals surface area contributed by atoms with Crippen molar-refractivity contribution < 1.29 is 4.79 Å². The van der Waals surface area contributed by atoms with Crippen LogP contribution in [0.4, 0.5) is 5.13 Å². The van der Waals surface area contributed by atoms with Gasteiger partial charge in [0.1, 0.15) is 0 Å². The summed E-state index contributed by atoms with van der Waals surface area (Å²) in [5.41, 5.74) is 2.74. The summed E-state index contributed by atoms with van der Waals surface area (Å²) in [5.74, 6) is 0.412. The molecule has 2 rings (SSSR count). The number of carbonyl (C=O) groups is 1. The lowest BCUT2D eigenvalue weighted by Gasteiger charge is -2.04. The molecule has 3 nitrogen and oxygen atoms in total. The van der Waals surface area contributed by atoms with E-state index < -0.39 is 0 Å². The summed E-state index contributed by atoms with van der Waals surface area (Å²) in [5, 5.41) is 6.01. The summed E-state index contributed by atoms with van der Waals surface area (Å²) in [6.07, 6.45) is 7.65. The first kappa shape index (κ1) is 19.4. The number of halogens is 1. The lowest BCUT2D eigenvalue weighted by molar-refractivity contribution is -0.115. The van der Waals surface area contributed by atoms with Crippen LogP contribution in [0.15, 0.2) is 47.9 Å².